The molecule has 5 rings (SSSR count). The van der Waals surface area contributed by atoms with Gasteiger partial charge in [0.15, 0.2) is 0 Å². The van der Waals surface area contributed by atoms with Gasteiger partial charge in [-0.2, -0.15) is 4.31 Å². The summed E-state index contributed by atoms with van der Waals surface area (Å²) in [6.07, 6.45) is 0. The highest BCUT2D eigenvalue weighted by Crippen LogP contribution is 2.38. The second-order valence-electron chi connectivity index (χ2n) is 11.6. The van der Waals surface area contributed by atoms with Gasteiger partial charge in [-0.1, -0.05) is 92.6 Å². The molecule has 0 radical (unpaired) electrons. The highest BCUT2D eigenvalue weighted by atomic mass is 32.2. The molecule has 5 aromatic carbocycles. The van der Waals surface area contributed by atoms with E-state index in [0.29, 0.717) is 16.3 Å². The van der Waals surface area contributed by atoms with Gasteiger partial charge < -0.3 is 4.74 Å². The van der Waals surface area contributed by atoms with Crippen LogP contribution in [0.3, 0.4) is 0 Å². The van der Waals surface area contributed by atoms with Crippen LogP contribution in [-0.4, -0.2) is 20.3 Å². The maximum Gasteiger partial charge on any atom is 0.343 e. The lowest BCUT2D eigenvalue weighted by Crippen LogP contribution is -2.37. The monoisotopic (exact) mass is 591 g/mol. The molecule has 0 unspecified atom stereocenters. The highest BCUT2D eigenvalue weighted by Gasteiger charge is 2.34. The van der Waals surface area contributed by atoms with E-state index in [-0.39, 0.29) is 27.3 Å². The minimum absolute atomic E-state index is 0.0140. The first-order valence-electron chi connectivity index (χ1n) is 13.9. The summed E-state index contributed by atoms with van der Waals surface area (Å²) in [6.45, 7) is 9.96. The predicted octanol–water partition coefficient (Wildman–Crippen LogP) is 8.01. The molecule has 0 saturated heterocycles. The molecular formula is C36H33NO5S. The molecule has 7 heteroatoms. The first kappa shape index (κ1) is 29.7. The third kappa shape index (κ3) is 6.08. The van der Waals surface area contributed by atoms with Crippen molar-refractivity contribution in [2.24, 2.45) is 0 Å². The number of benzene rings is 5. The number of fused-ring (bicyclic) bond motifs is 1. The molecule has 0 spiro atoms. The molecule has 0 aliphatic heterocycles. The minimum atomic E-state index is -4.37. The third-order valence-electron chi connectivity index (χ3n) is 7.31. The van der Waals surface area contributed by atoms with Gasteiger partial charge in [0.2, 0.25) is 0 Å². The SMILES string of the molecule is Cc1ccc(C(=O)Oc2ccc(N(C(=O)c3ccc(C)cc3)S(=O)(=O)c3ccc(C(C)(C)C)cc3)c3ccccc23)cc1. The van der Waals surface area contributed by atoms with E-state index in [1.165, 1.54) is 24.3 Å². The molecular weight excluding hydrogens is 558 g/mol. The molecule has 218 valence electrons. The lowest BCUT2D eigenvalue weighted by atomic mass is 9.87. The Morgan fingerprint density at radius 2 is 1.19 bits per heavy atom. The van der Waals surface area contributed by atoms with Gasteiger partial charge in [-0.3, -0.25) is 4.79 Å². The number of nitrogens with zero attached hydrogens (tertiary/aromatic N) is 1. The summed E-state index contributed by atoms with van der Waals surface area (Å²) in [5, 5.41) is 0.924. The number of aryl methyl sites for hydroxylation is 2. The van der Waals surface area contributed by atoms with Crippen molar-refractivity contribution in [3.63, 3.8) is 0 Å². The fourth-order valence-electron chi connectivity index (χ4n) is 4.76. The zero-order valence-corrected chi connectivity index (χ0v) is 25.6. The van der Waals surface area contributed by atoms with Crippen LogP contribution in [0.5, 0.6) is 5.75 Å². The van der Waals surface area contributed by atoms with Crippen LogP contribution in [0.25, 0.3) is 10.8 Å². The Labute approximate surface area is 252 Å². The molecule has 0 aromatic heterocycles. The van der Waals surface area contributed by atoms with Crippen molar-refractivity contribution < 1.29 is 22.7 Å². The van der Waals surface area contributed by atoms with E-state index >= 15 is 0 Å². The standard InChI is InChI=1S/C36H33NO5S/c1-24-10-14-26(15-11-24)34(38)37(43(40,41)29-20-18-28(19-21-29)36(3,4)5)32-22-23-33(31-9-7-6-8-30(31)32)42-35(39)27-16-12-25(2)13-17-27/h6-23H,1-5H3. The average molecular weight is 592 g/mol. The van der Waals surface area contributed by atoms with Gasteiger partial charge in [0.25, 0.3) is 15.9 Å². The summed E-state index contributed by atoms with van der Waals surface area (Å²) >= 11 is 0. The van der Waals surface area contributed by atoms with E-state index in [4.69, 9.17) is 4.74 Å². The Hall–Kier alpha value is -4.75. The first-order chi connectivity index (χ1) is 20.4. The number of rotatable bonds is 6. The molecule has 0 saturated carbocycles. The third-order valence-corrected chi connectivity index (χ3v) is 9.02. The van der Waals surface area contributed by atoms with E-state index in [1.54, 1.807) is 72.8 Å². The second-order valence-corrected chi connectivity index (χ2v) is 13.4. The van der Waals surface area contributed by atoms with Crippen LogP contribution in [0.15, 0.2) is 114 Å². The van der Waals surface area contributed by atoms with Gasteiger partial charge in [-0.25, -0.2) is 13.2 Å². The van der Waals surface area contributed by atoms with Crippen LogP contribution in [0, 0.1) is 13.8 Å². The van der Waals surface area contributed by atoms with Crippen LogP contribution in [-0.2, 0) is 15.4 Å². The largest absolute Gasteiger partial charge is 0.422 e. The van der Waals surface area contributed by atoms with Crippen molar-refractivity contribution in [2.75, 3.05) is 4.31 Å². The fraction of sp³-hybridized carbons (Fsp3) is 0.167. The van der Waals surface area contributed by atoms with Crippen LogP contribution in [0.2, 0.25) is 0 Å². The van der Waals surface area contributed by atoms with Crippen molar-refractivity contribution in [3.8, 4) is 5.75 Å². The summed E-state index contributed by atoms with van der Waals surface area (Å²) in [4.78, 5) is 27.0. The van der Waals surface area contributed by atoms with Crippen LogP contribution in [0.1, 0.15) is 58.2 Å². The molecule has 0 bridgehead atoms. The fourth-order valence-corrected chi connectivity index (χ4v) is 6.20. The Kier molecular flexibility index (Phi) is 7.95. The number of esters is 1. The maximum absolute atomic E-state index is 14.3. The molecule has 5 aromatic rings. The summed E-state index contributed by atoms with van der Waals surface area (Å²) in [5.41, 5.74) is 3.50. The van der Waals surface area contributed by atoms with E-state index < -0.39 is 21.9 Å². The second kappa shape index (κ2) is 11.5. The van der Waals surface area contributed by atoms with E-state index in [1.807, 2.05) is 46.8 Å². The summed E-state index contributed by atoms with van der Waals surface area (Å²) in [7, 11) is -4.37. The van der Waals surface area contributed by atoms with Crippen LogP contribution >= 0.6 is 0 Å². The van der Waals surface area contributed by atoms with E-state index in [0.717, 1.165) is 21.0 Å². The van der Waals surface area contributed by atoms with Gasteiger partial charge >= 0.3 is 5.97 Å². The normalized spacial score (nSPS) is 11.7. The quantitative estimate of drug-likeness (QED) is 0.148. The lowest BCUT2D eigenvalue weighted by molar-refractivity contribution is 0.0736. The van der Waals surface area contributed by atoms with Crippen molar-refractivity contribution in [1.82, 2.24) is 0 Å². The highest BCUT2D eigenvalue weighted by molar-refractivity contribution is 7.93. The minimum Gasteiger partial charge on any atom is -0.422 e. The number of hydrogen-bond acceptors (Lipinski definition) is 5. The predicted molar refractivity (Wildman–Crippen MR) is 170 cm³/mol. The van der Waals surface area contributed by atoms with Gasteiger partial charge in [-0.05, 0) is 73.4 Å². The molecule has 0 atom stereocenters. The number of carbonyl (C=O) groups is 2. The molecule has 0 aliphatic rings. The Balaban J connectivity index is 1.65. The molecule has 6 nitrogen and oxygen atoms in total. The number of amides is 1. The topological polar surface area (TPSA) is 80.8 Å². The summed E-state index contributed by atoms with van der Waals surface area (Å²) in [5.74, 6) is -0.994. The first-order valence-corrected chi connectivity index (χ1v) is 15.4. The summed E-state index contributed by atoms with van der Waals surface area (Å²) < 4.78 is 35.2. The van der Waals surface area contributed by atoms with Crippen molar-refractivity contribution in [2.45, 2.75) is 44.9 Å². The van der Waals surface area contributed by atoms with Crippen molar-refractivity contribution in [3.05, 3.63) is 137 Å². The number of anilines is 1. The molecule has 0 heterocycles. The lowest BCUT2D eigenvalue weighted by Gasteiger charge is -2.25. The van der Waals surface area contributed by atoms with Crippen LogP contribution in [0.4, 0.5) is 5.69 Å². The maximum atomic E-state index is 14.3. The molecule has 0 N–H and O–H groups in total. The zero-order valence-electron chi connectivity index (χ0n) is 24.8. The van der Waals surface area contributed by atoms with Crippen molar-refractivity contribution >= 4 is 38.4 Å². The zero-order chi connectivity index (χ0) is 30.9. The number of hydrogen-bond donors (Lipinski definition) is 0. The number of ether oxygens (including phenoxy) is 1. The Morgan fingerprint density at radius 3 is 1.74 bits per heavy atom. The van der Waals surface area contributed by atoms with E-state index in [9.17, 15) is 18.0 Å². The molecule has 0 fully saturated rings. The smallest absolute Gasteiger partial charge is 0.343 e. The van der Waals surface area contributed by atoms with Gasteiger partial charge in [0.05, 0.1) is 16.1 Å². The van der Waals surface area contributed by atoms with Crippen LogP contribution < -0.4 is 9.04 Å². The number of sulfonamides is 1. The Morgan fingerprint density at radius 1 is 0.651 bits per heavy atom. The molecule has 0 aliphatic carbocycles. The molecule has 1 amide bonds. The van der Waals surface area contributed by atoms with Gasteiger partial charge in [0, 0.05) is 16.3 Å². The summed E-state index contributed by atoms with van der Waals surface area (Å²) in [6, 6.07) is 30.4. The van der Waals surface area contributed by atoms with Gasteiger partial charge in [0.1, 0.15) is 5.75 Å². The van der Waals surface area contributed by atoms with E-state index in [2.05, 4.69) is 0 Å². The number of carbonyl (C=O) groups excluding carboxylic acids is 2. The average Bonchev–Trinajstić information content (AvgIpc) is 2.98. The Bertz CT molecular complexity index is 1920. The van der Waals surface area contributed by atoms with Crippen molar-refractivity contribution in [1.29, 1.82) is 0 Å². The van der Waals surface area contributed by atoms with Gasteiger partial charge in [-0.15, -0.1) is 0 Å². The molecule has 43 heavy (non-hydrogen) atoms.